The maximum absolute atomic E-state index is 11.6. The van der Waals surface area contributed by atoms with E-state index in [2.05, 4.69) is 0 Å². The van der Waals surface area contributed by atoms with Crippen LogP contribution in [0.15, 0.2) is 35.2 Å². The highest BCUT2D eigenvalue weighted by Crippen LogP contribution is 2.11. The molecule has 0 spiro atoms. The van der Waals surface area contributed by atoms with Crippen LogP contribution >= 0.6 is 0 Å². The highest BCUT2D eigenvalue weighted by Gasteiger charge is 2.21. The molecule has 0 amide bonds. The van der Waals surface area contributed by atoms with Gasteiger partial charge in [0, 0.05) is 6.54 Å². The molecule has 4 nitrogen and oxygen atoms in total. The lowest BCUT2D eigenvalue weighted by atomic mass is 10.4. The van der Waals surface area contributed by atoms with Crippen LogP contribution in [0.5, 0.6) is 0 Å². The molecule has 1 unspecified atom stereocenters. The van der Waals surface area contributed by atoms with Gasteiger partial charge in [0.2, 0.25) is 0 Å². The Kier molecular flexibility index (Phi) is 3.02. The number of benzene rings is 1. The van der Waals surface area contributed by atoms with E-state index >= 15 is 0 Å². The fourth-order valence-corrected chi connectivity index (χ4v) is 2.05. The van der Waals surface area contributed by atoms with Crippen LogP contribution in [0.3, 0.4) is 0 Å². The maximum atomic E-state index is 11.6. The lowest BCUT2D eigenvalue weighted by Crippen LogP contribution is -2.37. The first-order valence-electron chi connectivity index (χ1n) is 3.83. The van der Waals surface area contributed by atoms with Gasteiger partial charge in [-0.2, -0.15) is 0 Å². The van der Waals surface area contributed by atoms with Crippen LogP contribution in [-0.2, 0) is 9.84 Å². The molecule has 0 saturated heterocycles. The minimum absolute atomic E-state index is 0.0722. The van der Waals surface area contributed by atoms with Crippen LogP contribution in [0, 0.1) is 0 Å². The first kappa shape index (κ1) is 10.2. The first-order chi connectivity index (χ1) is 6.09. The van der Waals surface area contributed by atoms with Gasteiger partial charge in [0.25, 0.3) is 0 Å². The van der Waals surface area contributed by atoms with Crippen molar-refractivity contribution in [3.05, 3.63) is 30.3 Å². The van der Waals surface area contributed by atoms with Crippen LogP contribution in [0.25, 0.3) is 0 Å². The van der Waals surface area contributed by atoms with Crippen molar-refractivity contribution in [2.45, 2.75) is 10.3 Å². The van der Waals surface area contributed by atoms with E-state index < -0.39 is 15.2 Å². The molecule has 0 bridgehead atoms. The molecule has 0 saturated carbocycles. The number of nitrogens with two attached hydrogens (primary N) is 2. The summed E-state index contributed by atoms with van der Waals surface area (Å²) in [5.74, 6) is 0. The van der Waals surface area contributed by atoms with Gasteiger partial charge in [0.05, 0.1) is 4.90 Å². The van der Waals surface area contributed by atoms with Gasteiger partial charge >= 0.3 is 0 Å². The van der Waals surface area contributed by atoms with Gasteiger partial charge in [-0.25, -0.2) is 8.42 Å². The van der Waals surface area contributed by atoms with Gasteiger partial charge in [-0.05, 0) is 12.1 Å². The average Bonchev–Trinajstić information content (AvgIpc) is 2.18. The quantitative estimate of drug-likeness (QED) is 0.701. The zero-order chi connectivity index (χ0) is 9.90. The van der Waals surface area contributed by atoms with Gasteiger partial charge in [-0.1, -0.05) is 18.2 Å². The van der Waals surface area contributed by atoms with E-state index in [0.717, 1.165) is 0 Å². The summed E-state index contributed by atoms with van der Waals surface area (Å²) in [5.41, 5.74) is 10.6. The van der Waals surface area contributed by atoms with Crippen molar-refractivity contribution in [1.29, 1.82) is 0 Å². The molecular formula is C8H12N2O2S. The monoisotopic (exact) mass is 200 g/mol. The predicted octanol–water partition coefficient (Wildman–Crippen LogP) is -0.296. The summed E-state index contributed by atoms with van der Waals surface area (Å²) in [7, 11) is -3.44. The van der Waals surface area contributed by atoms with E-state index in [0.29, 0.717) is 0 Å². The minimum Gasteiger partial charge on any atom is -0.328 e. The highest BCUT2D eigenvalue weighted by atomic mass is 32.2. The summed E-state index contributed by atoms with van der Waals surface area (Å²) in [4.78, 5) is 0.216. The second kappa shape index (κ2) is 3.87. The van der Waals surface area contributed by atoms with E-state index in [-0.39, 0.29) is 11.4 Å². The molecule has 72 valence electrons. The second-order valence-electron chi connectivity index (χ2n) is 2.63. The molecule has 0 aliphatic heterocycles. The fraction of sp³-hybridized carbons (Fsp3) is 0.250. The summed E-state index contributed by atoms with van der Waals surface area (Å²) in [5, 5.41) is -1.02. The Balaban J connectivity index is 3.09. The average molecular weight is 200 g/mol. The Bertz CT molecular complexity index is 361. The molecular weight excluding hydrogens is 188 g/mol. The van der Waals surface area contributed by atoms with E-state index in [1.54, 1.807) is 18.2 Å². The SMILES string of the molecule is NCC(N)S(=O)(=O)c1ccccc1. The van der Waals surface area contributed by atoms with Crippen molar-refractivity contribution in [3.63, 3.8) is 0 Å². The van der Waals surface area contributed by atoms with Gasteiger partial charge in [0.15, 0.2) is 9.84 Å². The molecule has 1 aromatic carbocycles. The van der Waals surface area contributed by atoms with E-state index in [4.69, 9.17) is 11.5 Å². The molecule has 5 heteroatoms. The predicted molar refractivity (Wildman–Crippen MR) is 50.7 cm³/mol. The molecule has 1 rings (SSSR count). The van der Waals surface area contributed by atoms with E-state index in [1.807, 2.05) is 0 Å². The highest BCUT2D eigenvalue weighted by molar-refractivity contribution is 7.92. The van der Waals surface area contributed by atoms with E-state index in [1.165, 1.54) is 12.1 Å². The molecule has 0 aliphatic carbocycles. The summed E-state index contributed by atoms with van der Waals surface area (Å²) >= 11 is 0. The van der Waals surface area contributed by atoms with Crippen molar-refractivity contribution in [3.8, 4) is 0 Å². The summed E-state index contributed by atoms with van der Waals surface area (Å²) < 4.78 is 23.1. The molecule has 0 aliphatic rings. The van der Waals surface area contributed by atoms with Crippen LogP contribution in [0.2, 0.25) is 0 Å². The Morgan fingerprint density at radius 2 is 1.77 bits per heavy atom. The standard InChI is InChI=1S/C8H12N2O2S/c9-6-8(10)13(11,12)7-4-2-1-3-5-7/h1-5,8H,6,9-10H2. The maximum Gasteiger partial charge on any atom is 0.195 e. The fourth-order valence-electron chi connectivity index (χ4n) is 0.912. The third-order valence-corrected chi connectivity index (χ3v) is 3.62. The number of sulfone groups is 1. The molecule has 0 fully saturated rings. The van der Waals surface area contributed by atoms with Crippen LogP contribution in [-0.4, -0.2) is 20.3 Å². The van der Waals surface area contributed by atoms with Gasteiger partial charge in [-0.15, -0.1) is 0 Å². The molecule has 1 aromatic rings. The smallest absolute Gasteiger partial charge is 0.195 e. The minimum atomic E-state index is -3.44. The zero-order valence-electron chi connectivity index (χ0n) is 7.05. The molecule has 1 atom stereocenters. The number of hydrogen-bond donors (Lipinski definition) is 2. The van der Waals surface area contributed by atoms with E-state index in [9.17, 15) is 8.42 Å². The molecule has 13 heavy (non-hydrogen) atoms. The Labute approximate surface area is 77.5 Å². The van der Waals surface area contributed by atoms with Crippen molar-refractivity contribution >= 4 is 9.84 Å². The number of rotatable bonds is 3. The molecule has 0 heterocycles. The molecule has 4 N–H and O–H groups in total. The van der Waals surface area contributed by atoms with Crippen molar-refractivity contribution < 1.29 is 8.42 Å². The van der Waals surface area contributed by atoms with Gasteiger partial charge in [-0.3, -0.25) is 0 Å². The normalized spacial score (nSPS) is 14.0. The van der Waals surface area contributed by atoms with Crippen LogP contribution in [0.1, 0.15) is 0 Å². The van der Waals surface area contributed by atoms with Crippen molar-refractivity contribution in [2.24, 2.45) is 11.5 Å². The molecule has 0 radical (unpaired) electrons. The largest absolute Gasteiger partial charge is 0.328 e. The third kappa shape index (κ3) is 2.06. The third-order valence-electron chi connectivity index (χ3n) is 1.70. The zero-order valence-corrected chi connectivity index (χ0v) is 7.87. The lowest BCUT2D eigenvalue weighted by Gasteiger charge is -2.09. The van der Waals surface area contributed by atoms with Crippen LogP contribution < -0.4 is 11.5 Å². The second-order valence-corrected chi connectivity index (χ2v) is 4.80. The molecule has 0 aromatic heterocycles. The van der Waals surface area contributed by atoms with Crippen molar-refractivity contribution in [1.82, 2.24) is 0 Å². The van der Waals surface area contributed by atoms with Crippen molar-refractivity contribution in [2.75, 3.05) is 6.54 Å². The first-order valence-corrected chi connectivity index (χ1v) is 5.38. The van der Waals surface area contributed by atoms with Gasteiger partial charge in [0.1, 0.15) is 5.37 Å². The number of hydrogen-bond acceptors (Lipinski definition) is 4. The lowest BCUT2D eigenvalue weighted by molar-refractivity contribution is 0.581. The van der Waals surface area contributed by atoms with Crippen LogP contribution in [0.4, 0.5) is 0 Å². The Hall–Kier alpha value is -0.910. The Morgan fingerprint density at radius 1 is 1.23 bits per heavy atom. The summed E-state index contributed by atoms with van der Waals surface area (Å²) in [6, 6.07) is 8.05. The topological polar surface area (TPSA) is 86.2 Å². The van der Waals surface area contributed by atoms with Gasteiger partial charge < -0.3 is 11.5 Å². The summed E-state index contributed by atoms with van der Waals surface area (Å²) in [6.07, 6.45) is 0. The Morgan fingerprint density at radius 3 is 2.23 bits per heavy atom. The summed E-state index contributed by atoms with van der Waals surface area (Å²) in [6.45, 7) is -0.0722.